The standard InChI is InChI=1S/C33H31ClO5S/c34-26-16-18-27(19-17-26)40-33-31(36-21-24-12-6-2-7-13-24)30(35-20-23-10-4-1-5-11-23)29-28(38-33)22-37-32(39-29)25-14-8-3-9-15-25/h1-19,28-33H,20-22H2/t28-,29+,30+,31-,32+,33+/m1/s1. The molecule has 0 spiro atoms. The molecule has 7 heteroatoms. The molecule has 2 aliphatic heterocycles. The van der Waals surface area contributed by atoms with E-state index in [4.69, 9.17) is 35.3 Å². The van der Waals surface area contributed by atoms with Crippen LogP contribution in [0.15, 0.2) is 120 Å². The highest BCUT2D eigenvalue weighted by Gasteiger charge is 2.51. The van der Waals surface area contributed by atoms with Gasteiger partial charge in [0.25, 0.3) is 0 Å². The third-order valence-corrected chi connectivity index (χ3v) is 8.40. The maximum atomic E-state index is 6.69. The van der Waals surface area contributed by atoms with Crippen molar-refractivity contribution in [3.63, 3.8) is 0 Å². The van der Waals surface area contributed by atoms with Gasteiger partial charge in [-0.3, -0.25) is 0 Å². The van der Waals surface area contributed by atoms with Crippen LogP contribution in [0.5, 0.6) is 0 Å². The van der Waals surface area contributed by atoms with Crippen LogP contribution in [0.3, 0.4) is 0 Å². The Morgan fingerprint density at radius 3 is 1.88 bits per heavy atom. The van der Waals surface area contributed by atoms with Crippen LogP contribution in [0, 0.1) is 0 Å². The zero-order valence-corrected chi connectivity index (χ0v) is 23.5. The van der Waals surface area contributed by atoms with E-state index in [9.17, 15) is 0 Å². The molecule has 0 aliphatic carbocycles. The summed E-state index contributed by atoms with van der Waals surface area (Å²) in [5.74, 6) is 0. The number of hydrogen-bond donors (Lipinski definition) is 0. The molecule has 4 aromatic carbocycles. The molecular weight excluding hydrogens is 544 g/mol. The van der Waals surface area contributed by atoms with Crippen molar-refractivity contribution in [1.29, 1.82) is 0 Å². The van der Waals surface area contributed by atoms with Crippen molar-refractivity contribution in [3.8, 4) is 0 Å². The van der Waals surface area contributed by atoms with E-state index in [-0.39, 0.29) is 17.6 Å². The fraction of sp³-hybridized carbons (Fsp3) is 0.273. The molecule has 0 unspecified atom stereocenters. The molecule has 0 saturated carbocycles. The smallest absolute Gasteiger partial charge is 0.184 e. The topological polar surface area (TPSA) is 46.2 Å². The number of fused-ring (bicyclic) bond motifs is 1. The predicted molar refractivity (Wildman–Crippen MR) is 156 cm³/mol. The van der Waals surface area contributed by atoms with Crippen molar-refractivity contribution in [2.45, 2.75) is 54.3 Å². The van der Waals surface area contributed by atoms with Gasteiger partial charge in [-0.1, -0.05) is 114 Å². The second-order valence-electron chi connectivity index (χ2n) is 9.81. The molecule has 0 aromatic heterocycles. The monoisotopic (exact) mass is 574 g/mol. The van der Waals surface area contributed by atoms with Crippen LogP contribution < -0.4 is 0 Å². The van der Waals surface area contributed by atoms with Gasteiger partial charge in [0, 0.05) is 15.5 Å². The van der Waals surface area contributed by atoms with Crippen molar-refractivity contribution in [2.24, 2.45) is 0 Å². The molecule has 0 amide bonds. The highest BCUT2D eigenvalue weighted by molar-refractivity contribution is 7.99. The van der Waals surface area contributed by atoms with Crippen LogP contribution in [-0.2, 0) is 36.9 Å². The van der Waals surface area contributed by atoms with Gasteiger partial charge in [0.2, 0.25) is 0 Å². The van der Waals surface area contributed by atoms with Gasteiger partial charge in [0.15, 0.2) is 6.29 Å². The van der Waals surface area contributed by atoms with Crippen molar-refractivity contribution in [3.05, 3.63) is 137 Å². The summed E-state index contributed by atoms with van der Waals surface area (Å²) in [5, 5.41) is 0.691. The molecule has 0 N–H and O–H groups in total. The second kappa shape index (κ2) is 13.3. The average molecular weight is 575 g/mol. The Morgan fingerprint density at radius 1 is 0.675 bits per heavy atom. The minimum atomic E-state index is -0.510. The van der Waals surface area contributed by atoms with E-state index in [2.05, 4.69) is 24.3 Å². The molecule has 2 heterocycles. The second-order valence-corrected chi connectivity index (χ2v) is 11.4. The Hall–Kier alpha value is -2.68. The maximum absolute atomic E-state index is 6.69. The summed E-state index contributed by atoms with van der Waals surface area (Å²) in [5.41, 5.74) is 2.77. The molecule has 2 saturated heterocycles. The summed E-state index contributed by atoms with van der Waals surface area (Å²) >= 11 is 7.76. The Labute approximate surface area is 244 Å². The van der Waals surface area contributed by atoms with Crippen LogP contribution >= 0.6 is 23.4 Å². The van der Waals surface area contributed by atoms with Crippen LogP contribution in [0.25, 0.3) is 0 Å². The van der Waals surface area contributed by atoms with Crippen molar-refractivity contribution in [1.82, 2.24) is 0 Å². The van der Waals surface area contributed by atoms with E-state index in [0.29, 0.717) is 24.8 Å². The number of halogens is 1. The zero-order chi connectivity index (χ0) is 27.1. The molecule has 0 bridgehead atoms. The van der Waals surface area contributed by atoms with E-state index >= 15 is 0 Å². The van der Waals surface area contributed by atoms with Gasteiger partial charge in [-0.25, -0.2) is 0 Å². The first-order valence-electron chi connectivity index (χ1n) is 13.4. The predicted octanol–water partition coefficient (Wildman–Crippen LogP) is 7.44. The van der Waals surface area contributed by atoms with Crippen LogP contribution in [-0.4, -0.2) is 36.5 Å². The molecular formula is C33H31ClO5S. The van der Waals surface area contributed by atoms with Crippen molar-refractivity contribution < 1.29 is 23.7 Å². The summed E-state index contributed by atoms with van der Waals surface area (Å²) in [7, 11) is 0. The van der Waals surface area contributed by atoms with E-state index < -0.39 is 18.5 Å². The summed E-state index contributed by atoms with van der Waals surface area (Å²) in [4.78, 5) is 1.03. The van der Waals surface area contributed by atoms with Gasteiger partial charge >= 0.3 is 0 Å². The number of thioether (sulfide) groups is 1. The molecule has 2 aliphatic rings. The maximum Gasteiger partial charge on any atom is 0.184 e. The van der Waals surface area contributed by atoms with E-state index in [0.717, 1.165) is 21.6 Å². The van der Waals surface area contributed by atoms with Crippen molar-refractivity contribution in [2.75, 3.05) is 6.61 Å². The average Bonchev–Trinajstić information content (AvgIpc) is 3.01. The summed E-state index contributed by atoms with van der Waals surface area (Å²) in [6, 6.07) is 38.1. The fourth-order valence-electron chi connectivity index (χ4n) is 4.97. The fourth-order valence-corrected chi connectivity index (χ4v) is 6.22. The first-order valence-corrected chi connectivity index (χ1v) is 14.7. The Kier molecular flexibility index (Phi) is 9.15. The van der Waals surface area contributed by atoms with Crippen LogP contribution in [0.4, 0.5) is 0 Å². The molecule has 6 atom stereocenters. The molecule has 5 nitrogen and oxygen atoms in total. The molecule has 206 valence electrons. The van der Waals surface area contributed by atoms with E-state index in [1.807, 2.05) is 91.0 Å². The van der Waals surface area contributed by atoms with Gasteiger partial charge in [-0.15, -0.1) is 0 Å². The Morgan fingerprint density at radius 2 is 1.25 bits per heavy atom. The number of hydrogen-bond acceptors (Lipinski definition) is 6. The van der Waals surface area contributed by atoms with Gasteiger partial charge in [-0.05, 0) is 35.4 Å². The first kappa shape index (κ1) is 27.5. The third kappa shape index (κ3) is 6.78. The molecule has 2 fully saturated rings. The third-order valence-electron chi connectivity index (χ3n) is 6.99. The lowest BCUT2D eigenvalue weighted by molar-refractivity contribution is -0.329. The molecule has 6 rings (SSSR count). The van der Waals surface area contributed by atoms with E-state index in [1.54, 1.807) is 11.8 Å². The van der Waals surface area contributed by atoms with E-state index in [1.165, 1.54) is 0 Å². The highest BCUT2D eigenvalue weighted by atomic mass is 35.5. The zero-order valence-electron chi connectivity index (χ0n) is 21.9. The normalized spacial score (nSPS) is 26.2. The van der Waals surface area contributed by atoms with Crippen molar-refractivity contribution >= 4 is 23.4 Å². The largest absolute Gasteiger partial charge is 0.368 e. The SMILES string of the molecule is Clc1ccc(S[C@@H]2O[C@@H]3CO[C@H](c4ccccc4)O[C@@H]3[C@H](OCc3ccccc3)[C@H]2OCc2ccccc2)cc1. The van der Waals surface area contributed by atoms with Gasteiger partial charge in [0.1, 0.15) is 29.9 Å². The molecule has 0 radical (unpaired) electrons. The van der Waals surface area contributed by atoms with Gasteiger partial charge in [-0.2, -0.15) is 0 Å². The minimum absolute atomic E-state index is 0.317. The lowest BCUT2D eigenvalue weighted by Gasteiger charge is -2.49. The minimum Gasteiger partial charge on any atom is -0.368 e. The van der Waals surface area contributed by atoms with Gasteiger partial charge in [0.05, 0.1) is 19.8 Å². The number of rotatable bonds is 9. The van der Waals surface area contributed by atoms with Gasteiger partial charge < -0.3 is 23.7 Å². The summed E-state index contributed by atoms with van der Waals surface area (Å²) in [6.45, 7) is 1.24. The quantitative estimate of drug-likeness (QED) is 0.207. The summed E-state index contributed by atoms with van der Waals surface area (Å²) < 4.78 is 32.8. The Bertz CT molecular complexity index is 1330. The highest BCUT2D eigenvalue weighted by Crippen LogP contribution is 2.41. The van der Waals surface area contributed by atoms with Crippen LogP contribution in [0.1, 0.15) is 23.0 Å². The number of ether oxygens (including phenoxy) is 5. The lowest BCUT2D eigenvalue weighted by Crippen LogP contribution is -2.62. The lowest BCUT2D eigenvalue weighted by atomic mass is 9.98. The molecule has 4 aromatic rings. The Balaban J connectivity index is 1.30. The number of benzene rings is 4. The van der Waals surface area contributed by atoms with Crippen LogP contribution in [0.2, 0.25) is 5.02 Å². The summed E-state index contributed by atoms with van der Waals surface area (Å²) in [6.07, 6.45) is -2.03. The first-order chi connectivity index (χ1) is 19.7. The molecule has 40 heavy (non-hydrogen) atoms.